The number of aromatic nitrogens is 3. The molecule has 42 heavy (non-hydrogen) atoms. The van der Waals surface area contributed by atoms with Gasteiger partial charge in [0, 0.05) is 23.6 Å². The van der Waals surface area contributed by atoms with Crippen molar-refractivity contribution in [1.29, 1.82) is 0 Å². The molecule has 222 valence electrons. The molecular formula is C23H26N9O8S2+. The maximum absolute atomic E-state index is 13.2. The van der Waals surface area contributed by atoms with Crippen LogP contribution in [0.3, 0.4) is 0 Å². The van der Waals surface area contributed by atoms with E-state index < -0.39 is 46.5 Å². The molecule has 3 amide bonds. The summed E-state index contributed by atoms with van der Waals surface area (Å²) in [6, 6.07) is -1.12. The number of anilines is 3. The van der Waals surface area contributed by atoms with Crippen molar-refractivity contribution in [1.82, 2.24) is 20.2 Å². The molecule has 1 saturated heterocycles. The first-order valence-electron chi connectivity index (χ1n) is 12.0. The van der Waals surface area contributed by atoms with Crippen molar-refractivity contribution in [2.45, 2.75) is 44.3 Å². The smallest absolute Gasteiger partial charge is 0.352 e. The molecule has 1 fully saturated rings. The van der Waals surface area contributed by atoms with Crippen LogP contribution in [0.2, 0.25) is 0 Å². The minimum absolute atomic E-state index is 0.00251. The van der Waals surface area contributed by atoms with Gasteiger partial charge in [0.1, 0.15) is 35.5 Å². The Hall–Kier alpha value is -4.78. The molecule has 0 radical (unpaired) electrons. The number of thiazole rings is 1. The quantitative estimate of drug-likeness (QED) is 0.0805. The van der Waals surface area contributed by atoms with Gasteiger partial charge in [-0.05, 0) is 18.8 Å². The van der Waals surface area contributed by atoms with Gasteiger partial charge in [0.25, 0.3) is 24.0 Å². The number of hydrogen-bond donors (Lipinski definition) is 6. The molecular weight excluding hydrogens is 594 g/mol. The van der Waals surface area contributed by atoms with Crippen molar-refractivity contribution in [2.24, 2.45) is 5.16 Å². The molecule has 4 heterocycles. The van der Waals surface area contributed by atoms with Crippen LogP contribution < -0.4 is 26.7 Å². The Morgan fingerprint density at radius 3 is 2.60 bits per heavy atom. The van der Waals surface area contributed by atoms with Gasteiger partial charge in [-0.25, -0.2) is 19.1 Å². The number of carboxylic acids is 2. The average Bonchev–Trinajstić information content (AvgIpc) is 3.34. The summed E-state index contributed by atoms with van der Waals surface area (Å²) in [6.45, 7) is 3.79. The summed E-state index contributed by atoms with van der Waals surface area (Å²) >= 11 is 2.23. The van der Waals surface area contributed by atoms with Gasteiger partial charge < -0.3 is 37.2 Å². The number of thioether (sulfide) groups is 1. The van der Waals surface area contributed by atoms with Gasteiger partial charge in [0.15, 0.2) is 16.5 Å². The number of carboxylic acid groups (broad SMARTS) is 2. The standard InChI is InChI=1S/C23H25N9O8S2/c1-9(33)27-11-5-31(8-26-16(11)24)4-10-6-41-19-14(18(35)32(19)15(10)20(36)37)29-17(34)13(12-7-42-22(25)28-12)30-40-23(2,3)21(38)39/h5,7-8,14,19,24H,4,6H2,1-3H3,(H6,25,27,28,29,33,34,36,37,38,39)/p+1/b30-13-/t14-,19-/m1/s1. The van der Waals surface area contributed by atoms with Crippen LogP contribution >= 0.6 is 23.1 Å². The van der Waals surface area contributed by atoms with Crippen molar-refractivity contribution < 1.29 is 43.6 Å². The number of carbonyl (C=O) groups is 5. The van der Waals surface area contributed by atoms with Crippen LogP contribution in [0.25, 0.3) is 0 Å². The second kappa shape index (κ2) is 11.6. The summed E-state index contributed by atoms with van der Waals surface area (Å²) in [7, 11) is 0. The summed E-state index contributed by atoms with van der Waals surface area (Å²) in [5, 5.41) is 28.8. The van der Waals surface area contributed by atoms with Crippen LogP contribution in [0.1, 0.15) is 26.5 Å². The van der Waals surface area contributed by atoms with Crippen molar-refractivity contribution in [2.75, 3.05) is 22.5 Å². The Morgan fingerprint density at radius 2 is 2.00 bits per heavy atom. The van der Waals surface area contributed by atoms with Crippen LogP contribution in [-0.4, -0.2) is 83.2 Å². The number of carbonyl (C=O) groups excluding carboxylic acids is 3. The molecule has 0 spiro atoms. The first-order valence-corrected chi connectivity index (χ1v) is 14.0. The van der Waals surface area contributed by atoms with Gasteiger partial charge in [-0.3, -0.25) is 19.3 Å². The van der Waals surface area contributed by atoms with Gasteiger partial charge in [0.05, 0.1) is 0 Å². The first kappa shape index (κ1) is 30.2. The van der Waals surface area contributed by atoms with Crippen LogP contribution in [0.4, 0.5) is 16.6 Å². The summed E-state index contributed by atoms with van der Waals surface area (Å²) in [6.07, 6.45) is 2.86. The lowest BCUT2D eigenvalue weighted by molar-refractivity contribution is -0.691. The third-order valence-corrected chi connectivity index (χ3v) is 8.01. The lowest BCUT2D eigenvalue weighted by Crippen LogP contribution is -2.71. The molecule has 2 aliphatic heterocycles. The van der Waals surface area contributed by atoms with E-state index in [2.05, 4.69) is 25.8 Å². The zero-order valence-corrected chi connectivity index (χ0v) is 24.0. The number of aliphatic carboxylic acids is 2. The molecule has 17 nitrogen and oxygen atoms in total. The van der Waals surface area contributed by atoms with E-state index in [1.54, 1.807) is 0 Å². The highest BCUT2D eigenvalue weighted by molar-refractivity contribution is 8.00. The van der Waals surface area contributed by atoms with E-state index in [0.29, 0.717) is 5.57 Å². The third-order valence-electron chi connectivity index (χ3n) is 6.00. The normalized spacial score (nSPS) is 18.6. The summed E-state index contributed by atoms with van der Waals surface area (Å²) in [4.78, 5) is 75.7. The molecule has 0 aliphatic carbocycles. The molecule has 2 aliphatic rings. The van der Waals surface area contributed by atoms with Crippen LogP contribution in [-0.2, 0) is 35.4 Å². The fourth-order valence-corrected chi connectivity index (χ4v) is 5.76. The Balaban J connectivity index is 1.56. The van der Waals surface area contributed by atoms with Gasteiger partial charge in [0.2, 0.25) is 11.5 Å². The number of nitrogens with zero attached hydrogens (tertiary/aromatic N) is 5. The summed E-state index contributed by atoms with van der Waals surface area (Å²) in [5.41, 5.74) is 9.65. The van der Waals surface area contributed by atoms with E-state index in [-0.39, 0.29) is 46.2 Å². The average molecular weight is 621 g/mol. The Labute approximate surface area is 245 Å². The van der Waals surface area contributed by atoms with Gasteiger partial charge in [-0.1, -0.05) is 5.16 Å². The van der Waals surface area contributed by atoms with Crippen molar-refractivity contribution in [3.8, 4) is 0 Å². The second-order valence-electron chi connectivity index (χ2n) is 9.56. The van der Waals surface area contributed by atoms with Crippen molar-refractivity contribution in [3.63, 3.8) is 0 Å². The van der Waals surface area contributed by atoms with Crippen molar-refractivity contribution in [3.05, 3.63) is 34.9 Å². The molecule has 0 aromatic carbocycles. The number of β-lactam (4-membered cyclic amide) rings is 1. The molecule has 0 saturated carbocycles. The molecule has 19 heteroatoms. The number of nitrogens with two attached hydrogens (primary N) is 2. The minimum Gasteiger partial charge on any atom is -0.478 e. The zero-order chi connectivity index (χ0) is 30.9. The molecule has 2 aromatic heterocycles. The molecule has 2 atom stereocenters. The minimum atomic E-state index is -1.78. The fraction of sp³-hybridized carbons (Fsp3) is 0.348. The van der Waals surface area contributed by atoms with Crippen LogP contribution in [0, 0.1) is 0 Å². The highest BCUT2D eigenvalue weighted by Crippen LogP contribution is 2.40. The Morgan fingerprint density at radius 1 is 1.29 bits per heavy atom. The Kier molecular flexibility index (Phi) is 8.34. The highest BCUT2D eigenvalue weighted by Gasteiger charge is 2.54. The number of amides is 3. The highest BCUT2D eigenvalue weighted by atomic mass is 32.2. The maximum atomic E-state index is 13.2. The van der Waals surface area contributed by atoms with E-state index in [0.717, 1.165) is 16.2 Å². The van der Waals surface area contributed by atoms with E-state index in [9.17, 15) is 34.2 Å². The van der Waals surface area contributed by atoms with Gasteiger partial charge in [-0.15, -0.1) is 23.1 Å². The first-order chi connectivity index (χ1) is 19.7. The van der Waals surface area contributed by atoms with Crippen LogP contribution in [0.5, 0.6) is 0 Å². The van der Waals surface area contributed by atoms with E-state index in [1.165, 1.54) is 55.0 Å². The lowest BCUT2D eigenvalue weighted by atomic mass is 10.0. The largest absolute Gasteiger partial charge is 0.478 e. The number of nitrogens with one attached hydrogen (secondary N) is 2. The molecule has 4 rings (SSSR count). The van der Waals surface area contributed by atoms with Gasteiger partial charge >= 0.3 is 11.9 Å². The zero-order valence-electron chi connectivity index (χ0n) is 22.4. The predicted molar refractivity (Wildman–Crippen MR) is 149 cm³/mol. The monoisotopic (exact) mass is 620 g/mol. The molecule has 8 N–H and O–H groups in total. The van der Waals surface area contributed by atoms with Crippen molar-refractivity contribution >= 4 is 75.1 Å². The van der Waals surface area contributed by atoms with Gasteiger partial charge in [-0.2, -0.15) is 0 Å². The number of rotatable bonds is 10. The molecule has 0 bridgehead atoms. The topological polar surface area (TPSA) is 256 Å². The fourth-order valence-electron chi connectivity index (χ4n) is 3.88. The second-order valence-corrected chi connectivity index (χ2v) is 11.6. The SMILES string of the molecule is CC(=O)Nc1c[n+](CC2=C(C(=O)O)N3C(=O)[C@@H](NC(=O)/C(=N\OC(C)(C)C(=O)O)c4csc(N)n4)[C@H]3SC2)cnc1N. The maximum Gasteiger partial charge on any atom is 0.352 e. The number of fused-ring (bicyclic) bond motifs is 1. The molecule has 2 aromatic rings. The lowest BCUT2D eigenvalue weighted by Gasteiger charge is -2.49. The van der Waals surface area contributed by atoms with E-state index in [4.69, 9.17) is 16.3 Å². The van der Waals surface area contributed by atoms with E-state index >= 15 is 0 Å². The van der Waals surface area contributed by atoms with E-state index in [1.807, 2.05) is 0 Å². The summed E-state index contributed by atoms with van der Waals surface area (Å²) in [5.74, 6) is -4.37. The molecule has 0 unspecified atom stereocenters. The van der Waals surface area contributed by atoms with Crippen LogP contribution in [0.15, 0.2) is 34.3 Å². The summed E-state index contributed by atoms with van der Waals surface area (Å²) < 4.78 is 1.52. The number of hydrogen-bond acceptors (Lipinski definition) is 13. The number of oxime groups is 1. The number of nitrogen functional groups attached to an aromatic ring is 2. The predicted octanol–water partition coefficient (Wildman–Crippen LogP) is -1.03. The third kappa shape index (κ3) is 6.10. The Bertz CT molecular complexity index is 1550.